The monoisotopic (exact) mass is 234 g/mol. The van der Waals surface area contributed by atoms with Gasteiger partial charge in [0.05, 0.1) is 17.0 Å². The molecule has 2 N–H and O–H groups in total. The van der Waals surface area contributed by atoms with Crippen molar-refractivity contribution in [2.24, 2.45) is 11.8 Å². The Morgan fingerprint density at radius 2 is 1.25 bits per heavy atom. The minimum atomic E-state index is -0.333. The van der Waals surface area contributed by atoms with E-state index in [1.165, 1.54) is 0 Å². The maximum absolute atomic E-state index is 9.70. The molecule has 2 aliphatic rings. The molecule has 2 fully saturated rings. The first kappa shape index (κ1) is 8.97. The summed E-state index contributed by atoms with van der Waals surface area (Å²) in [5, 5.41) is 19.4. The molecule has 0 saturated heterocycles. The molecular formula is C9H15BrO2. The van der Waals surface area contributed by atoms with Gasteiger partial charge in [0.15, 0.2) is 0 Å². The second-order valence-electron chi connectivity index (χ2n) is 4.10. The van der Waals surface area contributed by atoms with Gasteiger partial charge in [0, 0.05) is 0 Å². The fourth-order valence-electron chi connectivity index (χ4n) is 1.60. The van der Waals surface area contributed by atoms with E-state index in [0.717, 1.165) is 25.7 Å². The molecule has 0 heterocycles. The topological polar surface area (TPSA) is 40.5 Å². The molecule has 12 heavy (non-hydrogen) atoms. The van der Waals surface area contributed by atoms with Gasteiger partial charge in [-0.3, -0.25) is 0 Å². The zero-order valence-corrected chi connectivity index (χ0v) is 8.57. The van der Waals surface area contributed by atoms with Crippen LogP contribution in [0.1, 0.15) is 25.7 Å². The van der Waals surface area contributed by atoms with E-state index in [2.05, 4.69) is 15.9 Å². The lowest BCUT2D eigenvalue weighted by Gasteiger charge is -2.21. The summed E-state index contributed by atoms with van der Waals surface area (Å²) in [6, 6.07) is 0. The Balaban J connectivity index is 1.83. The average Bonchev–Trinajstić information content (AvgIpc) is 2.90. The zero-order valence-electron chi connectivity index (χ0n) is 6.99. The first-order chi connectivity index (χ1) is 5.70. The van der Waals surface area contributed by atoms with Crippen LogP contribution in [0.4, 0.5) is 0 Å². The minimum absolute atomic E-state index is 0.0995. The minimum Gasteiger partial charge on any atom is -0.392 e. The molecule has 0 aromatic carbocycles. The van der Waals surface area contributed by atoms with Crippen molar-refractivity contribution in [1.29, 1.82) is 0 Å². The Bertz CT molecular complexity index is 148. The smallest absolute Gasteiger partial charge is 0.0718 e. The highest BCUT2D eigenvalue weighted by atomic mass is 79.9. The molecule has 2 atom stereocenters. The molecular weight excluding hydrogens is 220 g/mol. The summed E-state index contributed by atoms with van der Waals surface area (Å²) >= 11 is 3.39. The first-order valence-corrected chi connectivity index (χ1v) is 5.62. The van der Waals surface area contributed by atoms with Gasteiger partial charge < -0.3 is 10.2 Å². The number of rotatable bonds is 4. The number of hydrogen-bond acceptors (Lipinski definition) is 2. The molecule has 0 bridgehead atoms. The number of aliphatic hydroxyl groups is 2. The summed E-state index contributed by atoms with van der Waals surface area (Å²) < 4.78 is 0. The second-order valence-corrected chi connectivity index (χ2v) is 5.16. The van der Waals surface area contributed by atoms with Gasteiger partial charge in [0.1, 0.15) is 0 Å². The Morgan fingerprint density at radius 3 is 1.50 bits per heavy atom. The number of hydrogen-bond donors (Lipinski definition) is 2. The van der Waals surface area contributed by atoms with Crippen molar-refractivity contribution in [2.45, 2.75) is 42.7 Å². The van der Waals surface area contributed by atoms with Crippen LogP contribution < -0.4 is 0 Å². The van der Waals surface area contributed by atoms with Gasteiger partial charge in [-0.15, -0.1) is 0 Å². The van der Waals surface area contributed by atoms with Crippen LogP contribution >= 0.6 is 15.9 Å². The van der Waals surface area contributed by atoms with Gasteiger partial charge in [-0.25, -0.2) is 0 Å². The molecule has 0 aromatic heterocycles. The predicted octanol–water partition coefficient (Wildman–Crippen LogP) is 1.29. The van der Waals surface area contributed by atoms with Gasteiger partial charge in [0.2, 0.25) is 0 Å². The van der Waals surface area contributed by atoms with Crippen molar-refractivity contribution < 1.29 is 10.2 Å². The van der Waals surface area contributed by atoms with Gasteiger partial charge in [-0.05, 0) is 37.5 Å². The number of halogens is 1. The van der Waals surface area contributed by atoms with E-state index in [-0.39, 0.29) is 17.0 Å². The molecule has 2 aliphatic carbocycles. The van der Waals surface area contributed by atoms with E-state index in [1.807, 2.05) is 0 Å². The van der Waals surface area contributed by atoms with Crippen LogP contribution in [-0.4, -0.2) is 27.2 Å². The van der Waals surface area contributed by atoms with E-state index < -0.39 is 0 Å². The van der Waals surface area contributed by atoms with Crippen LogP contribution in [-0.2, 0) is 0 Å². The van der Waals surface area contributed by atoms with E-state index >= 15 is 0 Å². The molecule has 2 rings (SSSR count). The third-order valence-electron chi connectivity index (χ3n) is 2.86. The van der Waals surface area contributed by atoms with E-state index in [1.54, 1.807) is 0 Å². The van der Waals surface area contributed by atoms with E-state index in [9.17, 15) is 10.2 Å². The van der Waals surface area contributed by atoms with Crippen molar-refractivity contribution in [3.63, 3.8) is 0 Å². The fraction of sp³-hybridized carbons (Fsp3) is 1.00. The lowest BCUT2D eigenvalue weighted by Crippen LogP contribution is -2.35. The fourth-order valence-corrected chi connectivity index (χ4v) is 2.46. The normalized spacial score (nSPS) is 31.2. The maximum Gasteiger partial charge on any atom is 0.0718 e. The zero-order chi connectivity index (χ0) is 8.72. The molecule has 2 nitrogen and oxygen atoms in total. The van der Waals surface area contributed by atoms with Crippen LogP contribution in [0.25, 0.3) is 0 Å². The highest BCUT2D eigenvalue weighted by molar-refractivity contribution is 9.09. The summed E-state index contributed by atoms with van der Waals surface area (Å²) in [5.41, 5.74) is 0. The molecule has 2 unspecified atom stereocenters. The van der Waals surface area contributed by atoms with Crippen LogP contribution in [0, 0.1) is 11.8 Å². The summed E-state index contributed by atoms with van der Waals surface area (Å²) in [5.74, 6) is 0.894. The molecule has 3 heteroatoms. The lowest BCUT2D eigenvalue weighted by molar-refractivity contribution is 0.0676. The average molecular weight is 235 g/mol. The van der Waals surface area contributed by atoms with Crippen molar-refractivity contribution in [3.05, 3.63) is 0 Å². The summed E-state index contributed by atoms with van der Waals surface area (Å²) in [4.78, 5) is -0.0995. The maximum atomic E-state index is 9.70. The SMILES string of the molecule is OC(C1CC1)C(Br)C(O)C1CC1. The van der Waals surface area contributed by atoms with E-state index in [0.29, 0.717) is 11.8 Å². The standard InChI is InChI=1S/C9H15BrO2/c10-7(8(11)5-1-2-5)9(12)6-3-4-6/h5-9,11-12H,1-4H2. The predicted molar refractivity (Wildman–Crippen MR) is 50.2 cm³/mol. The van der Waals surface area contributed by atoms with Crippen molar-refractivity contribution in [2.75, 3.05) is 0 Å². The quantitative estimate of drug-likeness (QED) is 0.721. The van der Waals surface area contributed by atoms with Crippen LogP contribution in [0.15, 0.2) is 0 Å². The molecule has 2 saturated carbocycles. The Kier molecular flexibility index (Phi) is 2.45. The largest absolute Gasteiger partial charge is 0.392 e. The molecule has 0 amide bonds. The molecule has 70 valence electrons. The molecule has 0 aromatic rings. The highest BCUT2D eigenvalue weighted by Crippen LogP contribution is 2.41. The van der Waals surface area contributed by atoms with Gasteiger partial charge in [-0.1, -0.05) is 15.9 Å². The first-order valence-electron chi connectivity index (χ1n) is 4.70. The Hall–Kier alpha value is 0.400. The Labute approximate surface area is 81.1 Å². The summed E-state index contributed by atoms with van der Waals surface area (Å²) in [6.45, 7) is 0. The third-order valence-corrected chi connectivity index (χ3v) is 3.95. The number of alkyl halides is 1. The van der Waals surface area contributed by atoms with Crippen LogP contribution in [0.2, 0.25) is 0 Å². The summed E-state index contributed by atoms with van der Waals surface area (Å²) in [7, 11) is 0. The molecule has 0 radical (unpaired) electrons. The van der Waals surface area contributed by atoms with Gasteiger partial charge >= 0.3 is 0 Å². The summed E-state index contributed by atoms with van der Waals surface area (Å²) in [6.07, 6.45) is 3.84. The van der Waals surface area contributed by atoms with Crippen LogP contribution in [0.5, 0.6) is 0 Å². The highest BCUT2D eigenvalue weighted by Gasteiger charge is 2.42. The van der Waals surface area contributed by atoms with Crippen LogP contribution in [0.3, 0.4) is 0 Å². The lowest BCUT2D eigenvalue weighted by atomic mass is 10.0. The number of aliphatic hydroxyl groups excluding tert-OH is 2. The van der Waals surface area contributed by atoms with Crippen molar-refractivity contribution >= 4 is 15.9 Å². The van der Waals surface area contributed by atoms with E-state index in [4.69, 9.17) is 0 Å². The van der Waals surface area contributed by atoms with Crippen molar-refractivity contribution in [3.8, 4) is 0 Å². The molecule has 0 spiro atoms. The molecule has 0 aliphatic heterocycles. The van der Waals surface area contributed by atoms with Gasteiger partial charge in [0.25, 0.3) is 0 Å². The second kappa shape index (κ2) is 3.28. The Morgan fingerprint density at radius 1 is 0.917 bits per heavy atom. The van der Waals surface area contributed by atoms with Crippen molar-refractivity contribution in [1.82, 2.24) is 0 Å². The van der Waals surface area contributed by atoms with Gasteiger partial charge in [-0.2, -0.15) is 0 Å². The third kappa shape index (κ3) is 1.83.